The van der Waals surface area contributed by atoms with Gasteiger partial charge in [0.15, 0.2) is 0 Å². The van der Waals surface area contributed by atoms with Gasteiger partial charge in [-0.3, -0.25) is 14.6 Å². The molecule has 9 heteroatoms. The lowest BCUT2D eigenvalue weighted by molar-refractivity contribution is -0.137. The number of aromatic nitrogens is 1. The number of nitrogens with zero attached hydrogens (tertiary/aromatic N) is 1. The Morgan fingerprint density at radius 2 is 1.85 bits per heavy atom. The van der Waals surface area contributed by atoms with Gasteiger partial charge in [-0.15, -0.1) is 0 Å². The van der Waals surface area contributed by atoms with Crippen LogP contribution < -0.4 is 16.0 Å². The Labute approximate surface area is 190 Å². The number of hydrogen-bond donors (Lipinski definition) is 3. The van der Waals surface area contributed by atoms with E-state index in [1.54, 1.807) is 18.2 Å². The van der Waals surface area contributed by atoms with Gasteiger partial charge >= 0.3 is 6.18 Å². The monoisotopic (exact) mass is 460 g/mol. The van der Waals surface area contributed by atoms with Crippen molar-refractivity contribution in [3.63, 3.8) is 0 Å². The number of pyridine rings is 1. The van der Waals surface area contributed by atoms with E-state index in [-0.39, 0.29) is 23.2 Å². The van der Waals surface area contributed by atoms with E-state index in [1.165, 1.54) is 18.3 Å². The highest BCUT2D eigenvalue weighted by Crippen LogP contribution is 2.35. The molecule has 2 fully saturated rings. The normalized spacial score (nSPS) is 17.4. The van der Waals surface area contributed by atoms with Crippen LogP contribution in [0.25, 0.3) is 0 Å². The number of amides is 2. The van der Waals surface area contributed by atoms with Gasteiger partial charge in [0.05, 0.1) is 11.3 Å². The zero-order chi connectivity index (χ0) is 23.4. The summed E-state index contributed by atoms with van der Waals surface area (Å²) in [6, 6.07) is 7.00. The van der Waals surface area contributed by atoms with Gasteiger partial charge in [0.25, 0.3) is 5.91 Å². The van der Waals surface area contributed by atoms with Crippen LogP contribution in [-0.2, 0) is 11.0 Å². The van der Waals surface area contributed by atoms with Crippen LogP contribution in [0.4, 0.5) is 24.5 Å². The molecule has 2 saturated carbocycles. The van der Waals surface area contributed by atoms with Gasteiger partial charge in [0.1, 0.15) is 6.04 Å². The molecule has 0 aliphatic heterocycles. The fraction of sp³-hybridized carbons (Fsp3) is 0.458. The summed E-state index contributed by atoms with van der Waals surface area (Å²) < 4.78 is 39.8. The number of alkyl halides is 3. The Kier molecular flexibility index (Phi) is 6.85. The summed E-state index contributed by atoms with van der Waals surface area (Å²) in [5.74, 6) is -0.197. The summed E-state index contributed by atoms with van der Waals surface area (Å²) >= 11 is 0. The lowest BCUT2D eigenvalue weighted by Crippen LogP contribution is -2.48. The fourth-order valence-electron chi connectivity index (χ4n) is 4.20. The van der Waals surface area contributed by atoms with E-state index >= 15 is 0 Å². The van der Waals surface area contributed by atoms with E-state index in [0.29, 0.717) is 18.0 Å². The van der Waals surface area contributed by atoms with E-state index in [1.807, 2.05) is 0 Å². The Balaban J connectivity index is 1.47. The first-order chi connectivity index (χ1) is 15.8. The molecule has 0 saturated heterocycles. The number of benzene rings is 1. The SMILES string of the molecule is O=C(N[C@@H](CC1CCCC1)C(=O)NC1CC1)c1cccc(Nc2ccncc2C(F)(F)F)c1. The molecule has 6 nitrogen and oxygen atoms in total. The van der Waals surface area contributed by atoms with Crippen LogP contribution in [0.3, 0.4) is 0 Å². The molecule has 3 N–H and O–H groups in total. The van der Waals surface area contributed by atoms with E-state index < -0.39 is 23.7 Å². The lowest BCUT2D eigenvalue weighted by Gasteiger charge is -2.22. The Hall–Kier alpha value is -3.10. The molecule has 4 rings (SSSR count). The van der Waals surface area contributed by atoms with Crippen LogP contribution in [0.5, 0.6) is 0 Å². The van der Waals surface area contributed by atoms with Crippen LogP contribution in [0.1, 0.15) is 60.9 Å². The second-order valence-corrected chi connectivity index (χ2v) is 8.82. The first kappa shape index (κ1) is 23.1. The molecule has 1 aromatic heterocycles. The number of hydrogen-bond acceptors (Lipinski definition) is 4. The van der Waals surface area contributed by atoms with Crippen LogP contribution in [0.15, 0.2) is 42.7 Å². The minimum atomic E-state index is -4.56. The smallest absolute Gasteiger partial charge is 0.355 e. The largest absolute Gasteiger partial charge is 0.419 e. The van der Waals surface area contributed by atoms with Crippen molar-refractivity contribution in [1.82, 2.24) is 15.6 Å². The molecule has 2 aliphatic carbocycles. The second-order valence-electron chi connectivity index (χ2n) is 8.82. The number of halogens is 3. The number of carbonyl (C=O) groups is 2. The Morgan fingerprint density at radius 1 is 1.09 bits per heavy atom. The maximum absolute atomic E-state index is 13.3. The van der Waals surface area contributed by atoms with Crippen molar-refractivity contribution in [3.8, 4) is 0 Å². The highest BCUT2D eigenvalue weighted by molar-refractivity contribution is 5.98. The number of carbonyl (C=O) groups excluding carboxylic acids is 2. The molecule has 1 heterocycles. The summed E-state index contributed by atoms with van der Waals surface area (Å²) in [6.07, 6.45) is 4.34. The maximum Gasteiger partial charge on any atom is 0.419 e. The zero-order valence-electron chi connectivity index (χ0n) is 18.1. The van der Waals surface area contributed by atoms with Gasteiger partial charge in [0, 0.05) is 29.7 Å². The van der Waals surface area contributed by atoms with Gasteiger partial charge in [0.2, 0.25) is 5.91 Å². The van der Waals surface area contributed by atoms with Gasteiger partial charge in [-0.05, 0) is 49.4 Å². The van der Waals surface area contributed by atoms with E-state index in [2.05, 4.69) is 20.9 Å². The summed E-state index contributed by atoms with van der Waals surface area (Å²) in [5.41, 5.74) is -0.460. The maximum atomic E-state index is 13.3. The van der Waals surface area contributed by atoms with Crippen molar-refractivity contribution < 1.29 is 22.8 Å². The summed E-state index contributed by atoms with van der Waals surface area (Å²) in [7, 11) is 0. The van der Waals surface area contributed by atoms with Crippen LogP contribution >= 0.6 is 0 Å². The average molecular weight is 461 g/mol. The molecule has 33 heavy (non-hydrogen) atoms. The number of nitrogens with one attached hydrogen (secondary N) is 3. The van der Waals surface area contributed by atoms with Crippen molar-refractivity contribution in [3.05, 3.63) is 53.9 Å². The molecule has 176 valence electrons. The molecular formula is C24H27F3N4O2. The van der Waals surface area contributed by atoms with Crippen molar-refractivity contribution in [2.24, 2.45) is 5.92 Å². The Bertz CT molecular complexity index is 1000. The van der Waals surface area contributed by atoms with E-state index in [4.69, 9.17) is 0 Å². The molecule has 2 aromatic rings. The molecule has 0 bridgehead atoms. The molecular weight excluding hydrogens is 433 g/mol. The van der Waals surface area contributed by atoms with Crippen LogP contribution in [-0.4, -0.2) is 28.9 Å². The third-order valence-corrected chi connectivity index (χ3v) is 6.12. The summed E-state index contributed by atoms with van der Waals surface area (Å²) in [5, 5.41) is 8.55. The van der Waals surface area contributed by atoms with Crippen LogP contribution in [0, 0.1) is 5.92 Å². The number of anilines is 2. The summed E-state index contributed by atoms with van der Waals surface area (Å²) in [6.45, 7) is 0. The minimum Gasteiger partial charge on any atom is -0.355 e. The van der Waals surface area contributed by atoms with Crippen molar-refractivity contribution in [2.75, 3.05) is 5.32 Å². The third kappa shape index (κ3) is 6.24. The minimum absolute atomic E-state index is 0.155. The van der Waals surface area contributed by atoms with Gasteiger partial charge < -0.3 is 16.0 Å². The van der Waals surface area contributed by atoms with Gasteiger partial charge in [-0.25, -0.2) is 0 Å². The average Bonchev–Trinajstić information content (AvgIpc) is 3.44. The molecule has 1 aromatic carbocycles. The van der Waals surface area contributed by atoms with Gasteiger partial charge in [-0.1, -0.05) is 31.7 Å². The predicted molar refractivity (Wildman–Crippen MR) is 118 cm³/mol. The lowest BCUT2D eigenvalue weighted by atomic mass is 9.97. The highest BCUT2D eigenvalue weighted by Gasteiger charge is 2.34. The number of rotatable bonds is 8. The molecule has 0 radical (unpaired) electrons. The molecule has 2 aliphatic rings. The summed E-state index contributed by atoms with van der Waals surface area (Å²) in [4.78, 5) is 29.2. The predicted octanol–water partition coefficient (Wildman–Crippen LogP) is 4.80. The van der Waals surface area contributed by atoms with Crippen LogP contribution in [0.2, 0.25) is 0 Å². The quantitative estimate of drug-likeness (QED) is 0.528. The van der Waals surface area contributed by atoms with E-state index in [9.17, 15) is 22.8 Å². The zero-order valence-corrected chi connectivity index (χ0v) is 18.1. The van der Waals surface area contributed by atoms with E-state index in [0.717, 1.165) is 44.7 Å². The standard InChI is InChI=1S/C24H27F3N4O2/c25-24(26,27)19-14-28-11-10-20(19)29-18-7-3-6-16(13-18)22(32)31-21(12-15-4-1-2-5-15)23(33)30-17-8-9-17/h3,6-7,10-11,13-15,17,21H,1-2,4-5,8-9,12H2,(H,28,29)(H,30,33)(H,31,32)/t21-/m0/s1. The first-order valence-electron chi connectivity index (χ1n) is 11.3. The second kappa shape index (κ2) is 9.80. The highest BCUT2D eigenvalue weighted by atomic mass is 19.4. The van der Waals surface area contributed by atoms with Crippen molar-refractivity contribution >= 4 is 23.2 Å². The third-order valence-electron chi connectivity index (χ3n) is 6.12. The van der Waals surface area contributed by atoms with Crippen molar-refractivity contribution in [2.45, 2.75) is 63.2 Å². The topological polar surface area (TPSA) is 83.1 Å². The molecule has 0 unspecified atom stereocenters. The van der Waals surface area contributed by atoms with Gasteiger partial charge in [-0.2, -0.15) is 13.2 Å². The molecule has 2 amide bonds. The Morgan fingerprint density at radius 3 is 2.55 bits per heavy atom. The van der Waals surface area contributed by atoms with Crippen molar-refractivity contribution in [1.29, 1.82) is 0 Å². The fourth-order valence-corrected chi connectivity index (χ4v) is 4.20. The molecule has 0 spiro atoms. The molecule has 1 atom stereocenters. The first-order valence-corrected chi connectivity index (χ1v) is 11.3.